The van der Waals surface area contributed by atoms with Gasteiger partial charge in [-0.25, -0.2) is 0 Å². The summed E-state index contributed by atoms with van der Waals surface area (Å²) in [5.74, 6) is 0.928. The second-order valence-electron chi connectivity index (χ2n) is 6.97. The third-order valence-corrected chi connectivity index (χ3v) is 5.13. The number of guanidine groups is 1. The molecular weight excluding hydrogens is 342 g/mol. The van der Waals surface area contributed by atoms with Crippen LogP contribution in [0, 0.1) is 0 Å². The standard InChI is InChI=1S/C20H31N5O2/c1-21-20(23-16-18-8-5-15-27-18)22-10-9-19(26)25-13-11-24(12-14-25)17-6-3-2-4-7-17/h2-4,6-7,18H,5,8-16H2,1H3,(H2,21,22,23). The molecule has 1 amide bonds. The van der Waals surface area contributed by atoms with Gasteiger partial charge in [-0.05, 0) is 25.0 Å². The molecule has 7 heteroatoms. The highest BCUT2D eigenvalue weighted by molar-refractivity contribution is 5.81. The van der Waals surface area contributed by atoms with Crippen LogP contribution in [0.2, 0.25) is 0 Å². The van der Waals surface area contributed by atoms with E-state index >= 15 is 0 Å². The van der Waals surface area contributed by atoms with Crippen LogP contribution in [0.1, 0.15) is 19.3 Å². The second-order valence-corrected chi connectivity index (χ2v) is 6.97. The quantitative estimate of drug-likeness (QED) is 0.577. The van der Waals surface area contributed by atoms with E-state index in [0.717, 1.165) is 58.1 Å². The molecule has 1 unspecified atom stereocenters. The first-order valence-electron chi connectivity index (χ1n) is 9.90. The van der Waals surface area contributed by atoms with Gasteiger partial charge in [-0.3, -0.25) is 9.79 Å². The van der Waals surface area contributed by atoms with Gasteiger partial charge in [0.25, 0.3) is 0 Å². The van der Waals surface area contributed by atoms with Crippen molar-refractivity contribution in [3.8, 4) is 0 Å². The van der Waals surface area contributed by atoms with E-state index in [9.17, 15) is 4.79 Å². The number of hydrogen-bond donors (Lipinski definition) is 2. The van der Waals surface area contributed by atoms with Crippen molar-refractivity contribution in [2.75, 3.05) is 57.8 Å². The largest absolute Gasteiger partial charge is 0.376 e. The van der Waals surface area contributed by atoms with E-state index in [1.54, 1.807) is 7.05 Å². The van der Waals surface area contributed by atoms with Gasteiger partial charge in [0.05, 0.1) is 6.10 Å². The first-order chi connectivity index (χ1) is 13.3. The topological polar surface area (TPSA) is 69.2 Å². The van der Waals surface area contributed by atoms with Crippen LogP contribution < -0.4 is 15.5 Å². The van der Waals surface area contributed by atoms with Crippen molar-refractivity contribution >= 4 is 17.6 Å². The molecule has 0 saturated carbocycles. The number of ether oxygens (including phenoxy) is 1. The van der Waals surface area contributed by atoms with Crippen molar-refractivity contribution in [2.45, 2.75) is 25.4 Å². The maximum atomic E-state index is 12.5. The lowest BCUT2D eigenvalue weighted by Crippen LogP contribution is -2.49. The van der Waals surface area contributed by atoms with Gasteiger partial charge in [0, 0.05) is 65.0 Å². The molecule has 2 aliphatic heterocycles. The molecule has 148 valence electrons. The zero-order valence-electron chi connectivity index (χ0n) is 16.2. The molecule has 0 aromatic heterocycles. The molecule has 7 nitrogen and oxygen atoms in total. The molecule has 27 heavy (non-hydrogen) atoms. The van der Waals surface area contributed by atoms with Crippen molar-refractivity contribution in [3.05, 3.63) is 30.3 Å². The Morgan fingerprint density at radius 3 is 2.63 bits per heavy atom. The average molecular weight is 374 g/mol. The Labute approximate surface area is 161 Å². The van der Waals surface area contributed by atoms with E-state index in [2.05, 4.69) is 44.8 Å². The number of carbonyl (C=O) groups excluding carboxylic acids is 1. The molecule has 2 N–H and O–H groups in total. The normalized spacial score (nSPS) is 20.6. The van der Waals surface area contributed by atoms with Gasteiger partial charge in [-0.15, -0.1) is 0 Å². The number of aliphatic imine (C=N–C) groups is 1. The lowest BCUT2D eigenvalue weighted by Gasteiger charge is -2.36. The first-order valence-corrected chi connectivity index (χ1v) is 9.90. The number of piperazine rings is 1. The number of benzene rings is 1. The molecule has 1 atom stereocenters. The highest BCUT2D eigenvalue weighted by atomic mass is 16.5. The Balaban J connectivity index is 1.33. The predicted octanol–water partition coefficient (Wildman–Crippen LogP) is 1.07. The van der Waals surface area contributed by atoms with Crippen LogP contribution in [0.5, 0.6) is 0 Å². The number of hydrogen-bond acceptors (Lipinski definition) is 4. The number of para-hydroxylation sites is 1. The van der Waals surface area contributed by atoms with Gasteiger partial charge in [0.1, 0.15) is 0 Å². The van der Waals surface area contributed by atoms with E-state index in [0.29, 0.717) is 13.0 Å². The Kier molecular flexibility index (Phi) is 7.33. The van der Waals surface area contributed by atoms with Gasteiger partial charge < -0.3 is 25.2 Å². The number of nitrogens with zero attached hydrogens (tertiary/aromatic N) is 3. The first kappa shape index (κ1) is 19.5. The van der Waals surface area contributed by atoms with Gasteiger partial charge in [-0.1, -0.05) is 18.2 Å². The predicted molar refractivity (Wildman–Crippen MR) is 108 cm³/mol. The Hall–Kier alpha value is -2.28. The minimum absolute atomic E-state index is 0.199. The SMILES string of the molecule is CN=C(NCCC(=O)N1CCN(c2ccccc2)CC1)NCC1CCCO1. The summed E-state index contributed by atoms with van der Waals surface area (Å²) in [6, 6.07) is 10.4. The highest BCUT2D eigenvalue weighted by Gasteiger charge is 2.21. The summed E-state index contributed by atoms with van der Waals surface area (Å²) < 4.78 is 5.60. The Morgan fingerprint density at radius 1 is 1.19 bits per heavy atom. The fourth-order valence-electron chi connectivity index (χ4n) is 3.54. The molecule has 0 aliphatic carbocycles. The molecular formula is C20H31N5O2. The fourth-order valence-corrected chi connectivity index (χ4v) is 3.54. The molecule has 3 rings (SSSR count). The summed E-state index contributed by atoms with van der Waals surface area (Å²) >= 11 is 0. The summed E-state index contributed by atoms with van der Waals surface area (Å²) in [6.45, 7) is 5.52. The molecule has 2 fully saturated rings. The average Bonchev–Trinajstić information content (AvgIpc) is 3.25. The Bertz CT molecular complexity index is 608. The molecule has 2 heterocycles. The molecule has 0 spiro atoms. The summed E-state index contributed by atoms with van der Waals surface area (Å²) in [6.07, 6.45) is 2.97. The van der Waals surface area contributed by atoms with Crippen LogP contribution >= 0.6 is 0 Å². The number of nitrogens with one attached hydrogen (secondary N) is 2. The summed E-state index contributed by atoms with van der Waals surface area (Å²) in [7, 11) is 1.75. The van der Waals surface area contributed by atoms with Crippen LogP contribution in [-0.4, -0.2) is 75.8 Å². The van der Waals surface area contributed by atoms with Crippen LogP contribution in [-0.2, 0) is 9.53 Å². The van der Waals surface area contributed by atoms with E-state index in [1.807, 2.05) is 11.0 Å². The van der Waals surface area contributed by atoms with Crippen LogP contribution in [0.4, 0.5) is 5.69 Å². The smallest absolute Gasteiger partial charge is 0.224 e. The molecule has 0 bridgehead atoms. The van der Waals surface area contributed by atoms with Crippen molar-refractivity contribution in [1.29, 1.82) is 0 Å². The molecule has 0 radical (unpaired) electrons. The van der Waals surface area contributed by atoms with Crippen LogP contribution in [0.15, 0.2) is 35.3 Å². The number of rotatable bonds is 6. The second kappa shape index (κ2) is 10.2. The molecule has 2 aliphatic rings. The fraction of sp³-hybridized carbons (Fsp3) is 0.600. The summed E-state index contributed by atoms with van der Waals surface area (Å²) in [5, 5.41) is 6.49. The van der Waals surface area contributed by atoms with E-state index in [1.165, 1.54) is 5.69 Å². The maximum Gasteiger partial charge on any atom is 0.224 e. The van der Waals surface area contributed by atoms with Crippen molar-refractivity contribution in [1.82, 2.24) is 15.5 Å². The third-order valence-electron chi connectivity index (χ3n) is 5.13. The lowest BCUT2D eigenvalue weighted by atomic mass is 10.2. The van der Waals surface area contributed by atoms with Crippen LogP contribution in [0.25, 0.3) is 0 Å². The highest BCUT2D eigenvalue weighted by Crippen LogP contribution is 2.15. The van der Waals surface area contributed by atoms with Gasteiger partial charge in [0.15, 0.2) is 5.96 Å². The number of amides is 1. The van der Waals surface area contributed by atoms with E-state index < -0.39 is 0 Å². The third kappa shape index (κ3) is 5.85. The van der Waals surface area contributed by atoms with Gasteiger partial charge in [-0.2, -0.15) is 0 Å². The molecule has 2 saturated heterocycles. The minimum atomic E-state index is 0.199. The zero-order valence-corrected chi connectivity index (χ0v) is 16.2. The lowest BCUT2D eigenvalue weighted by molar-refractivity contribution is -0.131. The minimum Gasteiger partial charge on any atom is -0.376 e. The van der Waals surface area contributed by atoms with E-state index in [4.69, 9.17) is 4.74 Å². The zero-order chi connectivity index (χ0) is 18.9. The maximum absolute atomic E-state index is 12.5. The summed E-state index contributed by atoms with van der Waals surface area (Å²) in [4.78, 5) is 21.0. The van der Waals surface area contributed by atoms with Crippen molar-refractivity contribution in [2.24, 2.45) is 4.99 Å². The molecule has 1 aromatic carbocycles. The number of carbonyl (C=O) groups is 1. The van der Waals surface area contributed by atoms with Crippen molar-refractivity contribution in [3.63, 3.8) is 0 Å². The molecule has 1 aromatic rings. The summed E-state index contributed by atoms with van der Waals surface area (Å²) in [5.41, 5.74) is 1.23. The van der Waals surface area contributed by atoms with E-state index in [-0.39, 0.29) is 12.0 Å². The monoisotopic (exact) mass is 373 g/mol. The van der Waals surface area contributed by atoms with Gasteiger partial charge in [0.2, 0.25) is 5.91 Å². The number of anilines is 1. The Morgan fingerprint density at radius 2 is 1.96 bits per heavy atom. The van der Waals surface area contributed by atoms with Crippen LogP contribution in [0.3, 0.4) is 0 Å². The van der Waals surface area contributed by atoms with Gasteiger partial charge >= 0.3 is 0 Å². The van der Waals surface area contributed by atoms with Crippen molar-refractivity contribution < 1.29 is 9.53 Å².